The van der Waals surface area contributed by atoms with E-state index in [1.807, 2.05) is 0 Å². The quantitative estimate of drug-likeness (QED) is 0.573. The summed E-state index contributed by atoms with van der Waals surface area (Å²) in [6.07, 6.45) is -2.54. The van der Waals surface area contributed by atoms with Gasteiger partial charge in [0, 0.05) is 12.0 Å². The number of hydrogen-bond donors (Lipinski definition) is 0. The third-order valence-electron chi connectivity index (χ3n) is 2.80. The third-order valence-corrected chi connectivity index (χ3v) is 2.80. The van der Waals surface area contributed by atoms with Crippen molar-refractivity contribution >= 4 is 12.0 Å². The lowest BCUT2D eigenvalue weighted by molar-refractivity contribution is -0.143. The predicted octanol–water partition coefficient (Wildman–Crippen LogP) is 3.81. The Balaban J connectivity index is 2.32. The number of carbonyl (C=O) groups is 1. The average Bonchev–Trinajstić information content (AvgIpc) is 2.51. The van der Waals surface area contributed by atoms with Crippen LogP contribution in [0.3, 0.4) is 0 Å². The molecule has 1 aromatic rings. The van der Waals surface area contributed by atoms with Crippen molar-refractivity contribution in [2.75, 3.05) is 0 Å². The Bertz CT molecular complexity index is 542. The van der Waals surface area contributed by atoms with Crippen LogP contribution in [-0.2, 0) is 15.7 Å². The molecule has 2 rings (SSSR count). The fourth-order valence-corrected chi connectivity index (χ4v) is 2.00. The van der Waals surface area contributed by atoms with Gasteiger partial charge in [-0.25, -0.2) is 4.79 Å². The number of carbonyl (C=O) groups excluding carboxylic acids is 1. The molecule has 102 valence electrons. The highest BCUT2D eigenvalue weighted by molar-refractivity contribution is 5.96. The standard InChI is InChI=1S/C14H13F3O2/c1-13(2)8-10(12(18)19-13)6-9-4-3-5-11(7-9)14(15,16)17/h3-7H,8H2,1-2H3/b10-6-. The highest BCUT2D eigenvalue weighted by Gasteiger charge is 2.35. The maximum atomic E-state index is 12.6. The van der Waals surface area contributed by atoms with Crippen molar-refractivity contribution in [3.05, 3.63) is 41.0 Å². The second kappa shape index (κ2) is 4.40. The van der Waals surface area contributed by atoms with Gasteiger partial charge in [-0.2, -0.15) is 13.2 Å². The smallest absolute Gasteiger partial charge is 0.416 e. The number of rotatable bonds is 1. The molecule has 0 atom stereocenters. The summed E-state index contributed by atoms with van der Waals surface area (Å²) in [7, 11) is 0. The van der Waals surface area contributed by atoms with Crippen LogP contribution < -0.4 is 0 Å². The maximum Gasteiger partial charge on any atom is 0.416 e. The molecule has 5 heteroatoms. The number of cyclic esters (lactones) is 1. The average molecular weight is 270 g/mol. The molecule has 0 radical (unpaired) electrons. The second-order valence-electron chi connectivity index (χ2n) is 5.12. The van der Waals surface area contributed by atoms with Gasteiger partial charge in [-0.1, -0.05) is 12.1 Å². The molecule has 1 aliphatic rings. The lowest BCUT2D eigenvalue weighted by atomic mass is 10.00. The molecule has 0 bridgehead atoms. The van der Waals surface area contributed by atoms with E-state index in [0.717, 1.165) is 12.1 Å². The molecule has 0 aromatic heterocycles. The van der Waals surface area contributed by atoms with Gasteiger partial charge in [-0.3, -0.25) is 0 Å². The second-order valence-corrected chi connectivity index (χ2v) is 5.12. The summed E-state index contributed by atoms with van der Waals surface area (Å²) in [5.41, 5.74) is -0.582. The SMILES string of the molecule is CC1(C)C/C(=C/c2cccc(C(F)(F)F)c2)C(=O)O1. The van der Waals surface area contributed by atoms with Crippen molar-refractivity contribution in [3.63, 3.8) is 0 Å². The number of ether oxygens (including phenoxy) is 1. The van der Waals surface area contributed by atoms with Gasteiger partial charge in [-0.15, -0.1) is 0 Å². The summed E-state index contributed by atoms with van der Waals surface area (Å²) in [6, 6.07) is 4.87. The van der Waals surface area contributed by atoms with Crippen molar-refractivity contribution in [2.45, 2.75) is 32.0 Å². The molecule has 1 aromatic carbocycles. The van der Waals surface area contributed by atoms with Crippen LogP contribution in [-0.4, -0.2) is 11.6 Å². The van der Waals surface area contributed by atoms with Crippen molar-refractivity contribution < 1.29 is 22.7 Å². The molecule has 0 N–H and O–H groups in total. The van der Waals surface area contributed by atoms with Crippen LogP contribution in [0.2, 0.25) is 0 Å². The lowest BCUT2D eigenvalue weighted by Crippen LogP contribution is -2.17. The molecule has 1 fully saturated rings. The van der Waals surface area contributed by atoms with E-state index < -0.39 is 23.3 Å². The van der Waals surface area contributed by atoms with E-state index >= 15 is 0 Å². The molecule has 1 heterocycles. The predicted molar refractivity (Wildman–Crippen MR) is 64.2 cm³/mol. The van der Waals surface area contributed by atoms with Crippen LogP contribution >= 0.6 is 0 Å². The van der Waals surface area contributed by atoms with Crippen LogP contribution in [0.4, 0.5) is 13.2 Å². The Labute approximate surface area is 108 Å². The van der Waals surface area contributed by atoms with Gasteiger partial charge in [-0.05, 0) is 37.6 Å². The number of halogens is 3. The topological polar surface area (TPSA) is 26.3 Å². The van der Waals surface area contributed by atoms with Gasteiger partial charge in [0.15, 0.2) is 0 Å². The summed E-state index contributed by atoms with van der Waals surface area (Å²) in [5.74, 6) is -0.470. The molecule has 2 nitrogen and oxygen atoms in total. The minimum Gasteiger partial charge on any atom is -0.456 e. The Hall–Kier alpha value is -1.78. The van der Waals surface area contributed by atoms with Crippen LogP contribution in [0, 0.1) is 0 Å². The van der Waals surface area contributed by atoms with Crippen LogP contribution in [0.15, 0.2) is 29.8 Å². The number of benzene rings is 1. The first kappa shape index (κ1) is 13.6. The third kappa shape index (κ3) is 3.16. The molecule has 19 heavy (non-hydrogen) atoms. The summed E-state index contributed by atoms with van der Waals surface area (Å²) in [4.78, 5) is 11.6. The lowest BCUT2D eigenvalue weighted by Gasteiger charge is -2.13. The van der Waals surface area contributed by atoms with E-state index in [2.05, 4.69) is 0 Å². The Morgan fingerprint density at radius 2 is 2.00 bits per heavy atom. The number of hydrogen-bond acceptors (Lipinski definition) is 2. The molecule has 1 aliphatic heterocycles. The Morgan fingerprint density at radius 3 is 2.53 bits per heavy atom. The fraction of sp³-hybridized carbons (Fsp3) is 0.357. The minimum atomic E-state index is -4.38. The summed E-state index contributed by atoms with van der Waals surface area (Å²) in [6.45, 7) is 3.52. The zero-order chi connectivity index (χ0) is 14.3. The minimum absolute atomic E-state index is 0.347. The van der Waals surface area contributed by atoms with Crippen LogP contribution in [0.25, 0.3) is 6.08 Å². The Kier molecular flexibility index (Phi) is 3.16. The Morgan fingerprint density at radius 1 is 1.32 bits per heavy atom. The normalized spacial score (nSPS) is 20.7. The monoisotopic (exact) mass is 270 g/mol. The van der Waals surface area contributed by atoms with E-state index in [9.17, 15) is 18.0 Å². The van der Waals surface area contributed by atoms with Gasteiger partial charge in [0.05, 0.1) is 5.56 Å². The van der Waals surface area contributed by atoms with Crippen LogP contribution in [0.5, 0.6) is 0 Å². The molecular formula is C14H13F3O2. The van der Waals surface area contributed by atoms with Gasteiger partial charge >= 0.3 is 12.1 Å². The molecule has 0 aliphatic carbocycles. The summed E-state index contributed by atoms with van der Waals surface area (Å²) >= 11 is 0. The van der Waals surface area contributed by atoms with Gasteiger partial charge in [0.25, 0.3) is 0 Å². The van der Waals surface area contributed by atoms with Crippen LogP contribution in [0.1, 0.15) is 31.4 Å². The number of alkyl halides is 3. The van der Waals surface area contributed by atoms with Crippen molar-refractivity contribution in [1.29, 1.82) is 0 Å². The highest BCUT2D eigenvalue weighted by Crippen LogP contribution is 2.33. The molecule has 0 amide bonds. The van der Waals surface area contributed by atoms with Crippen molar-refractivity contribution in [1.82, 2.24) is 0 Å². The van der Waals surface area contributed by atoms with Crippen molar-refractivity contribution in [3.8, 4) is 0 Å². The fourth-order valence-electron chi connectivity index (χ4n) is 2.00. The zero-order valence-electron chi connectivity index (χ0n) is 10.5. The summed E-state index contributed by atoms with van der Waals surface area (Å²) < 4.78 is 42.8. The van der Waals surface area contributed by atoms with Gasteiger partial charge < -0.3 is 4.74 Å². The maximum absolute atomic E-state index is 12.6. The van der Waals surface area contributed by atoms with E-state index in [0.29, 0.717) is 17.6 Å². The van der Waals surface area contributed by atoms with Gasteiger partial charge in [0.1, 0.15) is 5.60 Å². The zero-order valence-corrected chi connectivity index (χ0v) is 10.5. The molecule has 0 spiro atoms. The molecule has 0 saturated carbocycles. The largest absolute Gasteiger partial charge is 0.456 e. The summed E-state index contributed by atoms with van der Waals surface area (Å²) in [5, 5.41) is 0. The molecule has 1 saturated heterocycles. The van der Waals surface area contributed by atoms with E-state index in [-0.39, 0.29) is 0 Å². The van der Waals surface area contributed by atoms with E-state index in [4.69, 9.17) is 4.74 Å². The van der Waals surface area contributed by atoms with E-state index in [1.165, 1.54) is 18.2 Å². The van der Waals surface area contributed by atoms with Crippen molar-refractivity contribution in [2.24, 2.45) is 0 Å². The first-order valence-corrected chi connectivity index (χ1v) is 5.79. The first-order chi connectivity index (χ1) is 8.67. The first-order valence-electron chi connectivity index (χ1n) is 5.79. The molecular weight excluding hydrogens is 257 g/mol. The van der Waals surface area contributed by atoms with Gasteiger partial charge in [0.2, 0.25) is 0 Å². The van der Waals surface area contributed by atoms with E-state index in [1.54, 1.807) is 13.8 Å². The number of esters is 1. The molecule has 0 unspecified atom stereocenters. The highest BCUT2D eigenvalue weighted by atomic mass is 19.4.